The second kappa shape index (κ2) is 10.6. The number of rotatable bonds is 4. The SMILES string of the molecule is COc1cccc(O)c1[C@H]1C2=CC[C@@H]3C(=O)N(c4ccc(C)c(Cl)c4)C(=O)[C@@H]3[C@@H]2C[C@@]2(Cl)C(=O)N(c3ccc(F)cc3)C(=O)[C@@]12Cl. The predicted molar refractivity (Wildman–Crippen MR) is 170 cm³/mol. The third-order valence-corrected chi connectivity index (χ3v) is 11.7. The number of fused-ring (bicyclic) bond motifs is 4. The van der Waals surface area contributed by atoms with Gasteiger partial charge in [0.15, 0.2) is 9.75 Å². The molecular weight excluding hydrogens is 658 g/mol. The molecule has 0 spiro atoms. The number of phenolic OH excluding ortho intramolecular Hbond substituents is 1. The quantitative estimate of drug-likeness (QED) is 0.198. The van der Waals surface area contributed by atoms with Gasteiger partial charge in [0, 0.05) is 16.5 Å². The molecule has 6 atom stereocenters. The van der Waals surface area contributed by atoms with Crippen LogP contribution in [0.15, 0.2) is 72.3 Å². The fourth-order valence-corrected chi connectivity index (χ4v) is 8.78. The van der Waals surface area contributed by atoms with E-state index in [9.17, 15) is 28.7 Å². The smallest absolute Gasteiger partial charge is 0.258 e. The number of nitrogens with zero attached hydrogens (tertiary/aromatic N) is 2. The number of aryl methyl sites for hydroxylation is 1. The van der Waals surface area contributed by atoms with E-state index in [1.54, 1.807) is 43.3 Å². The van der Waals surface area contributed by atoms with Gasteiger partial charge in [-0.25, -0.2) is 14.2 Å². The monoisotopic (exact) mass is 682 g/mol. The van der Waals surface area contributed by atoms with Crippen LogP contribution in [-0.4, -0.2) is 45.6 Å². The van der Waals surface area contributed by atoms with Crippen LogP contribution in [-0.2, 0) is 19.2 Å². The summed E-state index contributed by atoms with van der Waals surface area (Å²) in [5.41, 5.74) is 1.74. The normalized spacial score (nSPS) is 30.3. The molecule has 2 aliphatic heterocycles. The van der Waals surface area contributed by atoms with E-state index in [2.05, 4.69) is 0 Å². The van der Waals surface area contributed by atoms with Gasteiger partial charge in [0.05, 0.1) is 30.3 Å². The first-order valence-corrected chi connectivity index (χ1v) is 15.7. The van der Waals surface area contributed by atoms with E-state index in [1.165, 1.54) is 25.3 Å². The molecule has 12 heteroatoms. The molecule has 236 valence electrons. The highest BCUT2D eigenvalue weighted by molar-refractivity contribution is 6.58. The minimum atomic E-state index is -2.21. The van der Waals surface area contributed by atoms with Crippen LogP contribution in [0.25, 0.3) is 0 Å². The minimum Gasteiger partial charge on any atom is -0.508 e. The summed E-state index contributed by atoms with van der Waals surface area (Å²) in [4.78, 5) is 54.5. The van der Waals surface area contributed by atoms with Crippen molar-refractivity contribution in [2.45, 2.75) is 35.4 Å². The Labute approximate surface area is 278 Å². The average Bonchev–Trinajstić information content (AvgIpc) is 3.37. The van der Waals surface area contributed by atoms with Gasteiger partial charge in [-0.2, -0.15) is 0 Å². The minimum absolute atomic E-state index is 0.0539. The molecule has 7 rings (SSSR count). The first-order chi connectivity index (χ1) is 21.8. The van der Waals surface area contributed by atoms with Crippen LogP contribution in [0.3, 0.4) is 0 Å². The Balaban J connectivity index is 1.42. The molecule has 0 unspecified atom stereocenters. The molecule has 46 heavy (non-hydrogen) atoms. The lowest BCUT2D eigenvalue weighted by molar-refractivity contribution is -0.125. The molecular formula is C34H26Cl3FN2O6. The maximum atomic E-state index is 14.5. The van der Waals surface area contributed by atoms with E-state index >= 15 is 0 Å². The maximum Gasteiger partial charge on any atom is 0.258 e. The summed E-state index contributed by atoms with van der Waals surface area (Å²) in [6.07, 6.45) is 1.63. The fourth-order valence-electron chi connectivity index (χ4n) is 7.69. The Bertz CT molecular complexity index is 1900. The molecule has 1 saturated carbocycles. The number of imide groups is 2. The number of carbonyl (C=O) groups excluding carboxylic acids is 4. The number of phenols is 1. The Hall–Kier alpha value is -3.92. The summed E-state index contributed by atoms with van der Waals surface area (Å²) in [6.45, 7) is 1.80. The molecule has 4 amide bonds. The van der Waals surface area contributed by atoms with Crippen LogP contribution >= 0.6 is 34.8 Å². The van der Waals surface area contributed by atoms with Crippen LogP contribution in [0.4, 0.5) is 15.8 Å². The molecule has 0 bridgehead atoms. The Morgan fingerprint density at radius 1 is 0.913 bits per heavy atom. The molecule has 0 aromatic heterocycles. The zero-order valence-corrected chi connectivity index (χ0v) is 26.7. The van der Waals surface area contributed by atoms with Crippen molar-refractivity contribution in [1.82, 2.24) is 0 Å². The number of halogens is 4. The lowest BCUT2D eigenvalue weighted by Crippen LogP contribution is -2.60. The van der Waals surface area contributed by atoms with Crippen LogP contribution in [0.1, 0.15) is 29.9 Å². The number of carbonyl (C=O) groups is 4. The van der Waals surface area contributed by atoms with Crippen molar-refractivity contribution in [3.8, 4) is 11.5 Å². The molecule has 2 aliphatic carbocycles. The van der Waals surface area contributed by atoms with Crippen molar-refractivity contribution in [2.24, 2.45) is 17.8 Å². The van der Waals surface area contributed by atoms with Gasteiger partial charge in [-0.15, -0.1) is 23.2 Å². The van der Waals surface area contributed by atoms with Crippen LogP contribution in [0.5, 0.6) is 11.5 Å². The van der Waals surface area contributed by atoms with Crippen molar-refractivity contribution in [3.05, 3.63) is 94.3 Å². The number of alkyl halides is 2. The summed E-state index contributed by atoms with van der Waals surface area (Å²) in [6, 6.07) is 14.2. The predicted octanol–water partition coefficient (Wildman–Crippen LogP) is 6.27. The van der Waals surface area contributed by atoms with Crippen LogP contribution in [0, 0.1) is 30.5 Å². The largest absolute Gasteiger partial charge is 0.508 e. The second-order valence-electron chi connectivity index (χ2n) is 12.1. The Kier molecular flexibility index (Phi) is 7.05. The van der Waals surface area contributed by atoms with Gasteiger partial charge in [-0.05, 0) is 79.8 Å². The number of allylic oxidation sites excluding steroid dienone is 2. The van der Waals surface area contributed by atoms with Gasteiger partial charge in [0.25, 0.3) is 11.8 Å². The summed E-state index contributed by atoms with van der Waals surface area (Å²) < 4.78 is 19.5. The van der Waals surface area contributed by atoms with E-state index in [0.717, 1.165) is 27.5 Å². The number of ether oxygens (including phenoxy) is 1. The summed E-state index contributed by atoms with van der Waals surface area (Å²) >= 11 is 21.1. The number of methoxy groups -OCH3 is 1. The number of benzene rings is 3. The molecule has 3 aromatic carbocycles. The zero-order valence-electron chi connectivity index (χ0n) is 24.5. The average molecular weight is 684 g/mol. The van der Waals surface area contributed by atoms with E-state index in [-0.39, 0.29) is 35.6 Å². The van der Waals surface area contributed by atoms with Crippen molar-refractivity contribution < 1.29 is 33.4 Å². The molecule has 2 heterocycles. The van der Waals surface area contributed by atoms with E-state index in [0.29, 0.717) is 16.3 Å². The molecule has 2 saturated heterocycles. The first kappa shape index (κ1) is 30.7. The fraction of sp³-hybridized carbons (Fsp3) is 0.294. The Morgan fingerprint density at radius 3 is 2.28 bits per heavy atom. The number of hydrogen-bond donors (Lipinski definition) is 1. The zero-order chi connectivity index (χ0) is 32.9. The molecule has 8 nitrogen and oxygen atoms in total. The molecule has 1 N–H and O–H groups in total. The van der Waals surface area contributed by atoms with Gasteiger partial charge >= 0.3 is 0 Å². The lowest BCUT2D eigenvalue weighted by atomic mass is 9.56. The highest BCUT2D eigenvalue weighted by Crippen LogP contribution is 2.67. The highest BCUT2D eigenvalue weighted by Gasteiger charge is 2.77. The van der Waals surface area contributed by atoms with Gasteiger partial charge < -0.3 is 9.84 Å². The standard InChI is InChI=1S/C34H26Cl3FN2O6/c1-16-6-9-19(14-23(16)35)39-29(42)21-13-12-20-22(26(21)30(39)43)15-33(36)31(44)40(18-10-7-17(38)8-11-18)32(45)34(33,37)28(20)27-24(41)4-3-5-25(27)46-2/h3-12,14,21-22,26,28,41H,13,15H2,1-2H3/t21-,22+,26-,28+,33+,34-/m0/s1. The number of aromatic hydroxyl groups is 1. The molecule has 4 aliphatic rings. The van der Waals surface area contributed by atoms with Gasteiger partial charge in [-0.1, -0.05) is 35.4 Å². The summed E-state index contributed by atoms with van der Waals surface area (Å²) in [5.74, 6) is -7.14. The number of anilines is 2. The third kappa shape index (κ3) is 3.98. The molecule has 3 fully saturated rings. The van der Waals surface area contributed by atoms with Crippen molar-refractivity contribution in [2.75, 3.05) is 16.9 Å². The van der Waals surface area contributed by atoms with Crippen molar-refractivity contribution in [1.29, 1.82) is 0 Å². The van der Waals surface area contributed by atoms with E-state index in [1.807, 2.05) is 0 Å². The second-order valence-corrected chi connectivity index (χ2v) is 13.7. The van der Waals surface area contributed by atoms with Crippen molar-refractivity contribution in [3.63, 3.8) is 0 Å². The van der Waals surface area contributed by atoms with Gasteiger partial charge in [-0.3, -0.25) is 19.2 Å². The Morgan fingerprint density at radius 2 is 1.61 bits per heavy atom. The third-order valence-electron chi connectivity index (χ3n) is 9.86. The van der Waals surface area contributed by atoms with E-state index in [4.69, 9.17) is 39.5 Å². The van der Waals surface area contributed by atoms with Gasteiger partial charge in [0.1, 0.15) is 17.3 Å². The maximum absolute atomic E-state index is 14.5. The van der Waals surface area contributed by atoms with Crippen LogP contribution < -0.4 is 14.5 Å². The lowest BCUT2D eigenvalue weighted by Gasteiger charge is -2.50. The summed E-state index contributed by atoms with van der Waals surface area (Å²) in [7, 11) is 1.38. The molecule has 0 radical (unpaired) electrons. The number of amides is 4. The van der Waals surface area contributed by atoms with Crippen LogP contribution in [0.2, 0.25) is 5.02 Å². The first-order valence-electron chi connectivity index (χ1n) is 14.6. The summed E-state index contributed by atoms with van der Waals surface area (Å²) in [5, 5.41) is 11.7. The topological polar surface area (TPSA) is 104 Å². The van der Waals surface area contributed by atoms with Gasteiger partial charge in [0.2, 0.25) is 11.8 Å². The van der Waals surface area contributed by atoms with E-state index < -0.39 is 62.9 Å². The highest BCUT2D eigenvalue weighted by atomic mass is 35.5. The van der Waals surface area contributed by atoms with Crippen molar-refractivity contribution >= 4 is 69.8 Å². The number of hydrogen-bond acceptors (Lipinski definition) is 6. The molecule has 3 aromatic rings.